The summed E-state index contributed by atoms with van der Waals surface area (Å²) >= 11 is 0. The lowest BCUT2D eigenvalue weighted by Crippen LogP contribution is -2.52. The van der Waals surface area contributed by atoms with Crippen LogP contribution in [0.25, 0.3) is 5.57 Å². The van der Waals surface area contributed by atoms with Crippen molar-refractivity contribution in [2.24, 2.45) is 16.5 Å². The number of allylic oxidation sites excluding steroid dienone is 1. The molecule has 1 aromatic carbocycles. The zero-order valence-corrected chi connectivity index (χ0v) is 18.3. The Labute approximate surface area is 181 Å². The summed E-state index contributed by atoms with van der Waals surface area (Å²) in [6, 6.07) is 3.12. The Morgan fingerprint density at radius 3 is 2.35 bits per heavy atom. The van der Waals surface area contributed by atoms with Crippen molar-refractivity contribution in [1.29, 1.82) is 0 Å². The molecular weight excluding hydrogens is 398 g/mol. The number of carbonyl (C=O) groups excluding carboxylic acids is 3. The van der Waals surface area contributed by atoms with Gasteiger partial charge in [-0.05, 0) is 51.3 Å². The minimum atomic E-state index is -0.671. The Morgan fingerprint density at radius 2 is 1.84 bits per heavy atom. The molecule has 0 unspecified atom stereocenters. The van der Waals surface area contributed by atoms with Crippen molar-refractivity contribution in [3.63, 3.8) is 0 Å². The summed E-state index contributed by atoms with van der Waals surface area (Å²) < 4.78 is 5.41. The monoisotopic (exact) mass is 427 g/mol. The van der Waals surface area contributed by atoms with E-state index in [-0.39, 0.29) is 36.2 Å². The maximum Gasteiger partial charge on any atom is 0.414 e. The lowest BCUT2D eigenvalue weighted by molar-refractivity contribution is -0.117. The van der Waals surface area contributed by atoms with E-state index >= 15 is 0 Å². The molecule has 1 aromatic rings. The average molecular weight is 428 g/mol. The third-order valence-corrected chi connectivity index (χ3v) is 5.18. The fraction of sp³-hybridized carbons (Fsp3) is 0.455. The second kappa shape index (κ2) is 8.79. The number of ether oxygens (including phenoxy) is 1. The van der Waals surface area contributed by atoms with Crippen LogP contribution in [-0.2, 0) is 9.53 Å². The molecule has 1 saturated carbocycles. The first-order valence-corrected chi connectivity index (χ1v) is 10.3. The lowest BCUT2D eigenvalue weighted by Gasteiger charge is -2.41. The first-order valence-electron chi connectivity index (χ1n) is 10.3. The molecule has 4 N–H and O–H groups in total. The molecule has 31 heavy (non-hydrogen) atoms. The molecule has 166 valence electrons. The molecule has 1 aliphatic carbocycles. The summed E-state index contributed by atoms with van der Waals surface area (Å²) in [5, 5.41) is 0. The predicted octanol–water partition coefficient (Wildman–Crippen LogP) is 2.42. The number of nitrogens with zero attached hydrogens (tertiary/aromatic N) is 3. The van der Waals surface area contributed by atoms with Gasteiger partial charge in [-0.3, -0.25) is 19.5 Å². The largest absolute Gasteiger partial charge is 0.446 e. The van der Waals surface area contributed by atoms with Crippen LogP contribution in [0.2, 0.25) is 0 Å². The molecule has 3 rings (SSSR count). The fourth-order valence-corrected chi connectivity index (χ4v) is 3.64. The quantitative estimate of drug-likeness (QED) is 0.697. The molecule has 0 bridgehead atoms. The minimum Gasteiger partial charge on any atom is -0.446 e. The van der Waals surface area contributed by atoms with Crippen LogP contribution in [0.5, 0.6) is 0 Å². The van der Waals surface area contributed by atoms with Gasteiger partial charge in [0.25, 0.3) is 0 Å². The van der Waals surface area contributed by atoms with E-state index in [4.69, 9.17) is 16.2 Å². The molecule has 0 radical (unpaired) electrons. The van der Waals surface area contributed by atoms with Crippen molar-refractivity contribution >= 4 is 41.1 Å². The Hall–Kier alpha value is -3.36. The maximum atomic E-state index is 12.8. The minimum absolute atomic E-state index is 0.190. The van der Waals surface area contributed by atoms with E-state index in [0.717, 1.165) is 12.8 Å². The van der Waals surface area contributed by atoms with Crippen molar-refractivity contribution in [1.82, 2.24) is 0 Å². The van der Waals surface area contributed by atoms with Gasteiger partial charge in [0.15, 0.2) is 0 Å². The van der Waals surface area contributed by atoms with Crippen LogP contribution in [0.15, 0.2) is 23.3 Å². The highest BCUT2D eigenvalue weighted by Gasteiger charge is 2.36. The van der Waals surface area contributed by atoms with Gasteiger partial charge in [-0.15, -0.1) is 0 Å². The number of anilines is 2. The van der Waals surface area contributed by atoms with Gasteiger partial charge in [-0.25, -0.2) is 4.79 Å². The Kier molecular flexibility index (Phi) is 6.33. The van der Waals surface area contributed by atoms with Crippen molar-refractivity contribution in [2.75, 3.05) is 16.3 Å². The summed E-state index contributed by atoms with van der Waals surface area (Å²) in [7, 11) is 0. The van der Waals surface area contributed by atoms with Crippen LogP contribution in [0.3, 0.4) is 0 Å². The normalized spacial score (nSPS) is 19.0. The predicted molar refractivity (Wildman–Crippen MR) is 120 cm³/mol. The average Bonchev–Trinajstić information content (AvgIpc) is 3.50. The number of benzene rings is 1. The van der Waals surface area contributed by atoms with Gasteiger partial charge < -0.3 is 21.1 Å². The van der Waals surface area contributed by atoms with Crippen molar-refractivity contribution < 1.29 is 19.1 Å². The third kappa shape index (κ3) is 4.70. The lowest BCUT2D eigenvalue weighted by atomic mass is 9.95. The van der Waals surface area contributed by atoms with Crippen LogP contribution in [0.4, 0.5) is 16.2 Å². The van der Waals surface area contributed by atoms with E-state index in [0.29, 0.717) is 22.5 Å². The van der Waals surface area contributed by atoms with E-state index in [9.17, 15) is 14.4 Å². The zero-order chi connectivity index (χ0) is 22.9. The van der Waals surface area contributed by atoms with E-state index in [1.165, 1.54) is 24.1 Å². The van der Waals surface area contributed by atoms with Gasteiger partial charge in [0.05, 0.1) is 29.6 Å². The Bertz CT molecular complexity index is 965. The maximum absolute atomic E-state index is 12.8. The molecule has 1 fully saturated rings. The van der Waals surface area contributed by atoms with Crippen LogP contribution in [-0.4, -0.2) is 48.9 Å². The molecule has 3 amide bonds. The van der Waals surface area contributed by atoms with Crippen molar-refractivity contribution in [2.45, 2.75) is 58.7 Å². The number of nitrogens with two attached hydrogens (primary N) is 2. The number of carbonyl (C=O) groups is 3. The van der Waals surface area contributed by atoms with Crippen molar-refractivity contribution in [3.8, 4) is 0 Å². The number of fused-ring (bicyclic) bond motifs is 1. The Morgan fingerprint density at radius 1 is 1.19 bits per heavy atom. The van der Waals surface area contributed by atoms with Gasteiger partial charge in [0, 0.05) is 37.0 Å². The number of rotatable bonds is 5. The van der Waals surface area contributed by atoms with Crippen molar-refractivity contribution in [3.05, 3.63) is 29.5 Å². The highest BCUT2D eigenvalue weighted by molar-refractivity contribution is 6.16. The van der Waals surface area contributed by atoms with Crippen LogP contribution < -0.4 is 21.3 Å². The molecule has 1 aliphatic heterocycles. The van der Waals surface area contributed by atoms with E-state index < -0.39 is 12.0 Å². The number of aliphatic imine (C=N–C) groups is 1. The van der Waals surface area contributed by atoms with Gasteiger partial charge in [0.1, 0.15) is 0 Å². The van der Waals surface area contributed by atoms with Gasteiger partial charge >= 0.3 is 6.09 Å². The van der Waals surface area contributed by atoms with Crippen LogP contribution in [0, 0.1) is 0 Å². The van der Waals surface area contributed by atoms with Crippen LogP contribution in [0.1, 0.15) is 56.5 Å². The summed E-state index contributed by atoms with van der Waals surface area (Å²) in [5.74, 6) is -0.881. The highest BCUT2D eigenvalue weighted by Crippen LogP contribution is 2.40. The molecule has 0 saturated heterocycles. The molecule has 1 atom stereocenters. The van der Waals surface area contributed by atoms with E-state index in [1.54, 1.807) is 31.0 Å². The second-order valence-corrected chi connectivity index (χ2v) is 8.16. The molecule has 9 nitrogen and oxygen atoms in total. The SMILES string of the molecule is CC(=O)N1c2cc(C(N)=O)c(C(C=NC3CC3)=CN)cc2N(C(=O)OC(C)C)C[C@@H]1C. The summed E-state index contributed by atoms with van der Waals surface area (Å²) in [6.07, 6.45) is 4.16. The Balaban J connectivity index is 2.19. The standard InChI is InChI=1S/C22H29N5O4/c1-12(2)31-22(30)26-11-13(3)27(14(4)28)20-8-18(21(24)29)17(7-19(20)26)15(9-23)10-25-16-5-6-16/h7-10,12-13,16H,5-6,11,23H2,1-4H3,(H2,24,29)/t13-/m0/s1. The number of amides is 3. The molecule has 1 heterocycles. The summed E-state index contributed by atoms with van der Waals surface area (Å²) in [6.45, 7) is 7.03. The zero-order valence-electron chi connectivity index (χ0n) is 18.3. The smallest absolute Gasteiger partial charge is 0.414 e. The number of hydrogen-bond acceptors (Lipinski definition) is 6. The molecular formula is C22H29N5O4. The topological polar surface area (TPSA) is 131 Å². The highest BCUT2D eigenvalue weighted by atomic mass is 16.6. The van der Waals surface area contributed by atoms with Gasteiger partial charge in [0.2, 0.25) is 11.8 Å². The summed E-state index contributed by atoms with van der Waals surface area (Å²) in [4.78, 5) is 45.0. The molecule has 0 aromatic heterocycles. The van der Waals surface area contributed by atoms with Gasteiger partial charge in [-0.1, -0.05) is 0 Å². The van der Waals surface area contributed by atoms with Gasteiger partial charge in [-0.2, -0.15) is 0 Å². The first-order chi connectivity index (χ1) is 14.6. The second-order valence-electron chi connectivity index (χ2n) is 8.16. The molecule has 9 heteroatoms. The van der Waals surface area contributed by atoms with E-state index in [2.05, 4.69) is 4.99 Å². The third-order valence-electron chi connectivity index (χ3n) is 5.18. The molecule has 2 aliphatic rings. The number of primary amides is 1. The fourth-order valence-electron chi connectivity index (χ4n) is 3.64. The summed E-state index contributed by atoms with van der Waals surface area (Å²) in [5.41, 5.74) is 13.5. The van der Waals surface area contributed by atoms with Crippen LogP contribution >= 0.6 is 0 Å². The van der Waals surface area contributed by atoms with E-state index in [1.807, 2.05) is 6.92 Å². The first kappa shape index (κ1) is 22.3. The molecule has 0 spiro atoms. The number of hydrogen-bond donors (Lipinski definition) is 2.